The first-order chi connectivity index (χ1) is 10.9. The van der Waals surface area contributed by atoms with Gasteiger partial charge in [0, 0.05) is 4.47 Å². The highest BCUT2D eigenvalue weighted by Gasteiger charge is 2.48. The molecule has 2 aromatic rings. The molecule has 0 aromatic heterocycles. The molecule has 5 heteroatoms. The summed E-state index contributed by atoms with van der Waals surface area (Å²) in [5.74, 6) is -0.235. The summed E-state index contributed by atoms with van der Waals surface area (Å²) in [6, 6.07) is 14.9. The van der Waals surface area contributed by atoms with Gasteiger partial charge in [-0.3, -0.25) is 9.69 Å². The molecule has 1 aliphatic rings. The molecule has 1 saturated heterocycles. The maximum absolute atomic E-state index is 12.8. The monoisotopic (exact) mass is 372 g/mol. The molecule has 3 rings (SSSR count). The molecule has 1 N–H and O–H groups in total. The zero-order valence-corrected chi connectivity index (χ0v) is 14.6. The predicted molar refractivity (Wildman–Crippen MR) is 91.8 cm³/mol. The Morgan fingerprint density at radius 2 is 1.83 bits per heavy atom. The van der Waals surface area contributed by atoms with E-state index in [0.29, 0.717) is 0 Å². The number of nitrogens with one attached hydrogen (secondary N) is 1. The first-order valence-electron chi connectivity index (χ1n) is 7.36. The van der Waals surface area contributed by atoms with E-state index in [0.717, 1.165) is 21.2 Å². The number of rotatable bonds is 3. The Bertz CT molecular complexity index is 773. The summed E-state index contributed by atoms with van der Waals surface area (Å²) in [4.78, 5) is 26.4. The minimum absolute atomic E-state index is 0.235. The van der Waals surface area contributed by atoms with Crippen LogP contribution in [0.25, 0.3) is 0 Å². The van der Waals surface area contributed by atoms with Crippen molar-refractivity contribution in [2.24, 2.45) is 0 Å². The fourth-order valence-corrected chi connectivity index (χ4v) is 3.11. The zero-order valence-electron chi connectivity index (χ0n) is 13.0. The van der Waals surface area contributed by atoms with E-state index in [9.17, 15) is 9.59 Å². The van der Waals surface area contributed by atoms with Crippen LogP contribution in [0.5, 0.6) is 0 Å². The molecule has 3 amide bonds. The van der Waals surface area contributed by atoms with Crippen molar-refractivity contribution in [2.75, 3.05) is 0 Å². The van der Waals surface area contributed by atoms with Gasteiger partial charge in [-0.25, -0.2) is 4.79 Å². The van der Waals surface area contributed by atoms with Crippen molar-refractivity contribution < 1.29 is 9.59 Å². The number of aryl methyl sites for hydroxylation is 1. The van der Waals surface area contributed by atoms with Crippen molar-refractivity contribution >= 4 is 27.9 Å². The molecule has 0 radical (unpaired) electrons. The third kappa shape index (κ3) is 2.88. The Labute approximate surface area is 143 Å². The second-order valence-corrected chi connectivity index (χ2v) is 6.86. The molecule has 1 fully saturated rings. The van der Waals surface area contributed by atoms with Crippen LogP contribution in [0.15, 0.2) is 53.0 Å². The average Bonchev–Trinajstić information content (AvgIpc) is 2.74. The molecule has 0 saturated carbocycles. The Hall–Kier alpha value is -2.14. The van der Waals surface area contributed by atoms with Gasteiger partial charge in [-0.15, -0.1) is 0 Å². The van der Waals surface area contributed by atoms with Crippen molar-refractivity contribution in [2.45, 2.75) is 25.9 Å². The molecule has 23 heavy (non-hydrogen) atoms. The van der Waals surface area contributed by atoms with Gasteiger partial charge >= 0.3 is 6.03 Å². The number of carbonyl (C=O) groups is 2. The van der Waals surface area contributed by atoms with Crippen LogP contribution in [0.4, 0.5) is 4.79 Å². The van der Waals surface area contributed by atoms with Gasteiger partial charge in [-0.05, 0) is 37.1 Å². The van der Waals surface area contributed by atoms with Gasteiger partial charge in [0.25, 0.3) is 5.91 Å². The van der Waals surface area contributed by atoms with Crippen LogP contribution < -0.4 is 5.32 Å². The van der Waals surface area contributed by atoms with Crippen molar-refractivity contribution in [1.29, 1.82) is 0 Å². The highest BCUT2D eigenvalue weighted by Crippen LogP contribution is 2.31. The molecule has 1 atom stereocenters. The first-order valence-corrected chi connectivity index (χ1v) is 8.15. The SMILES string of the molecule is Cc1ccc(CN2C(=O)N[C@](C)(c3cccc(Br)c3)C2=O)cc1. The van der Waals surface area contributed by atoms with Gasteiger partial charge in [0.2, 0.25) is 0 Å². The molecular weight excluding hydrogens is 356 g/mol. The summed E-state index contributed by atoms with van der Waals surface area (Å²) in [7, 11) is 0. The largest absolute Gasteiger partial charge is 0.325 e. The third-order valence-electron chi connectivity index (χ3n) is 4.14. The fraction of sp³-hybridized carbons (Fsp3) is 0.222. The maximum atomic E-state index is 12.8. The van der Waals surface area contributed by atoms with E-state index in [1.165, 1.54) is 4.90 Å². The van der Waals surface area contributed by atoms with E-state index in [2.05, 4.69) is 21.2 Å². The topological polar surface area (TPSA) is 49.4 Å². The molecule has 118 valence electrons. The number of urea groups is 1. The fourth-order valence-electron chi connectivity index (χ4n) is 2.71. The Kier molecular flexibility index (Phi) is 3.98. The summed E-state index contributed by atoms with van der Waals surface area (Å²) in [6.07, 6.45) is 0. The van der Waals surface area contributed by atoms with Gasteiger partial charge in [0.15, 0.2) is 0 Å². The first kappa shape index (κ1) is 15.7. The second-order valence-electron chi connectivity index (χ2n) is 5.94. The molecule has 1 aliphatic heterocycles. The van der Waals surface area contributed by atoms with E-state index < -0.39 is 5.54 Å². The van der Waals surface area contributed by atoms with Crippen molar-refractivity contribution in [3.63, 3.8) is 0 Å². The Morgan fingerprint density at radius 1 is 1.13 bits per heavy atom. The van der Waals surface area contributed by atoms with Gasteiger partial charge in [-0.1, -0.05) is 57.9 Å². The second kappa shape index (κ2) is 5.81. The average molecular weight is 373 g/mol. The lowest BCUT2D eigenvalue weighted by molar-refractivity contribution is -0.131. The van der Waals surface area contributed by atoms with E-state index in [-0.39, 0.29) is 18.5 Å². The number of hydrogen-bond donors (Lipinski definition) is 1. The lowest BCUT2D eigenvalue weighted by atomic mass is 9.92. The number of halogens is 1. The number of hydrogen-bond acceptors (Lipinski definition) is 2. The van der Waals surface area contributed by atoms with E-state index >= 15 is 0 Å². The van der Waals surface area contributed by atoms with Crippen LogP contribution >= 0.6 is 15.9 Å². The lowest BCUT2D eigenvalue weighted by Crippen LogP contribution is -2.40. The molecule has 0 spiro atoms. The van der Waals surface area contributed by atoms with Gasteiger partial charge in [0.1, 0.15) is 5.54 Å². The smallest absolute Gasteiger partial charge is 0.319 e. The minimum Gasteiger partial charge on any atom is -0.319 e. The van der Waals surface area contributed by atoms with E-state index in [1.54, 1.807) is 6.92 Å². The normalized spacial score (nSPS) is 20.7. The van der Waals surface area contributed by atoms with Crippen molar-refractivity contribution in [3.05, 3.63) is 69.7 Å². The molecule has 0 unspecified atom stereocenters. The van der Waals surface area contributed by atoms with Crippen molar-refractivity contribution in [3.8, 4) is 0 Å². The number of benzene rings is 2. The number of carbonyl (C=O) groups excluding carboxylic acids is 2. The van der Waals surface area contributed by atoms with Crippen LogP contribution in [0.3, 0.4) is 0 Å². The van der Waals surface area contributed by atoms with Gasteiger partial charge < -0.3 is 5.32 Å². The minimum atomic E-state index is -1.04. The summed E-state index contributed by atoms with van der Waals surface area (Å²) in [5, 5.41) is 2.82. The number of nitrogens with zero attached hydrogens (tertiary/aromatic N) is 1. The molecule has 0 bridgehead atoms. The molecule has 2 aromatic carbocycles. The summed E-state index contributed by atoms with van der Waals surface area (Å²) < 4.78 is 0.871. The Morgan fingerprint density at radius 3 is 2.48 bits per heavy atom. The third-order valence-corrected chi connectivity index (χ3v) is 4.63. The lowest BCUT2D eigenvalue weighted by Gasteiger charge is -2.22. The summed E-state index contributed by atoms with van der Waals surface area (Å²) >= 11 is 3.41. The molecule has 0 aliphatic carbocycles. The Balaban J connectivity index is 1.89. The molecule has 1 heterocycles. The number of imide groups is 1. The van der Waals surface area contributed by atoms with Gasteiger partial charge in [-0.2, -0.15) is 0 Å². The molecule has 4 nitrogen and oxygen atoms in total. The zero-order chi connectivity index (χ0) is 16.6. The maximum Gasteiger partial charge on any atom is 0.325 e. The van der Waals surface area contributed by atoms with Crippen LogP contribution in [0.1, 0.15) is 23.6 Å². The standard InChI is InChI=1S/C18H17BrN2O2/c1-12-6-8-13(9-7-12)11-21-16(22)18(2,20-17(21)23)14-4-3-5-15(19)10-14/h3-10H,11H2,1-2H3,(H,20,23)/t18-/m1/s1. The van der Waals surface area contributed by atoms with E-state index in [1.807, 2.05) is 55.5 Å². The quantitative estimate of drug-likeness (QED) is 0.834. The van der Waals surface area contributed by atoms with Crippen molar-refractivity contribution in [1.82, 2.24) is 10.2 Å². The van der Waals surface area contributed by atoms with Crippen LogP contribution in [-0.4, -0.2) is 16.8 Å². The van der Waals surface area contributed by atoms with Crippen LogP contribution in [-0.2, 0) is 16.9 Å². The molecular formula is C18H17BrN2O2. The van der Waals surface area contributed by atoms with E-state index in [4.69, 9.17) is 0 Å². The number of amides is 3. The summed E-state index contributed by atoms with van der Waals surface area (Å²) in [6.45, 7) is 4.01. The summed E-state index contributed by atoms with van der Waals surface area (Å²) in [5.41, 5.74) is 1.80. The van der Waals surface area contributed by atoms with Crippen LogP contribution in [0, 0.1) is 6.92 Å². The highest BCUT2D eigenvalue weighted by molar-refractivity contribution is 9.10. The predicted octanol–water partition coefficient (Wildman–Crippen LogP) is 3.72. The van der Waals surface area contributed by atoms with Gasteiger partial charge in [0.05, 0.1) is 6.54 Å². The highest BCUT2D eigenvalue weighted by atomic mass is 79.9. The van der Waals surface area contributed by atoms with Crippen LogP contribution in [0.2, 0.25) is 0 Å².